The van der Waals surface area contributed by atoms with Gasteiger partial charge >= 0.3 is 0 Å². The molecule has 0 atom stereocenters. The summed E-state index contributed by atoms with van der Waals surface area (Å²) >= 11 is 0. The molecule has 0 unspecified atom stereocenters. The van der Waals surface area contributed by atoms with Gasteiger partial charge in [0, 0.05) is 29.6 Å². The third-order valence-corrected chi connectivity index (χ3v) is 3.13. The van der Waals surface area contributed by atoms with Crippen molar-refractivity contribution in [2.75, 3.05) is 13.6 Å². The van der Waals surface area contributed by atoms with Gasteiger partial charge in [0.2, 0.25) is 11.8 Å². The van der Waals surface area contributed by atoms with Crippen molar-refractivity contribution in [2.24, 2.45) is 0 Å². The van der Waals surface area contributed by atoms with Gasteiger partial charge in [-0.15, -0.1) is 10.2 Å². The Morgan fingerprint density at radius 3 is 2.90 bits per heavy atom. The van der Waals surface area contributed by atoms with E-state index in [-0.39, 0.29) is 0 Å². The van der Waals surface area contributed by atoms with Crippen molar-refractivity contribution >= 4 is 10.9 Å². The summed E-state index contributed by atoms with van der Waals surface area (Å²) in [5, 5.41) is 12.3. The Bertz CT molecular complexity index is 736. The van der Waals surface area contributed by atoms with Crippen molar-refractivity contribution in [1.82, 2.24) is 20.5 Å². The average molecular weight is 268 g/mol. The summed E-state index contributed by atoms with van der Waals surface area (Å²) in [6, 6.07) is 9.96. The van der Waals surface area contributed by atoms with Crippen LogP contribution in [0.1, 0.15) is 11.6 Å². The quantitative estimate of drug-likeness (QED) is 0.787. The monoisotopic (exact) mass is 268 g/mol. The van der Waals surface area contributed by atoms with Crippen LogP contribution < -0.4 is 5.32 Å². The molecule has 5 heteroatoms. The number of pyridine rings is 1. The summed E-state index contributed by atoms with van der Waals surface area (Å²) in [6.07, 6.45) is 0.728. The van der Waals surface area contributed by atoms with E-state index in [4.69, 9.17) is 4.42 Å². The molecule has 1 N–H and O–H groups in total. The van der Waals surface area contributed by atoms with Gasteiger partial charge in [0.05, 0.1) is 5.52 Å². The van der Waals surface area contributed by atoms with E-state index < -0.39 is 0 Å². The standard InChI is InChI=1S/C15H16N4O/c1-10-9-12(11-5-3-4-6-13(11)17-10)15-19-18-14(20-15)7-8-16-2/h3-6,9,16H,7-8H2,1-2H3. The second kappa shape index (κ2) is 5.38. The van der Waals surface area contributed by atoms with Crippen molar-refractivity contribution in [2.45, 2.75) is 13.3 Å². The first-order valence-corrected chi connectivity index (χ1v) is 6.61. The zero-order chi connectivity index (χ0) is 13.9. The molecular weight excluding hydrogens is 252 g/mol. The van der Waals surface area contributed by atoms with Crippen LogP contribution in [-0.2, 0) is 6.42 Å². The average Bonchev–Trinajstić information content (AvgIpc) is 2.93. The smallest absolute Gasteiger partial charge is 0.248 e. The molecule has 102 valence electrons. The van der Waals surface area contributed by atoms with Crippen LogP contribution in [-0.4, -0.2) is 28.8 Å². The molecule has 20 heavy (non-hydrogen) atoms. The highest BCUT2D eigenvalue weighted by molar-refractivity contribution is 5.92. The van der Waals surface area contributed by atoms with E-state index in [9.17, 15) is 0 Å². The third kappa shape index (κ3) is 2.40. The number of nitrogens with one attached hydrogen (secondary N) is 1. The molecule has 0 saturated heterocycles. The van der Waals surface area contributed by atoms with Gasteiger partial charge in [0.15, 0.2) is 0 Å². The predicted molar refractivity (Wildman–Crippen MR) is 77.4 cm³/mol. The number of likely N-dealkylation sites (N-methyl/N-ethyl adjacent to an activating group) is 1. The van der Waals surface area contributed by atoms with Crippen molar-refractivity contribution < 1.29 is 4.42 Å². The summed E-state index contributed by atoms with van der Waals surface area (Å²) in [5.74, 6) is 1.20. The van der Waals surface area contributed by atoms with Crippen LogP contribution in [0.2, 0.25) is 0 Å². The van der Waals surface area contributed by atoms with E-state index in [1.807, 2.05) is 44.3 Å². The van der Waals surface area contributed by atoms with Gasteiger partial charge in [0.1, 0.15) is 0 Å². The molecule has 1 aromatic carbocycles. The molecule has 3 rings (SSSR count). The number of hydrogen-bond acceptors (Lipinski definition) is 5. The first-order chi connectivity index (χ1) is 9.78. The van der Waals surface area contributed by atoms with E-state index >= 15 is 0 Å². The van der Waals surface area contributed by atoms with E-state index in [0.29, 0.717) is 11.8 Å². The summed E-state index contributed by atoms with van der Waals surface area (Å²) < 4.78 is 5.74. The van der Waals surface area contributed by atoms with Crippen molar-refractivity contribution in [3.63, 3.8) is 0 Å². The molecule has 2 aromatic heterocycles. The maximum atomic E-state index is 5.74. The number of aromatic nitrogens is 3. The molecule has 3 aromatic rings. The molecule has 0 amide bonds. The molecule has 0 fully saturated rings. The van der Waals surface area contributed by atoms with E-state index in [2.05, 4.69) is 20.5 Å². The minimum Gasteiger partial charge on any atom is -0.421 e. The largest absolute Gasteiger partial charge is 0.421 e. The maximum Gasteiger partial charge on any atom is 0.248 e. The minimum absolute atomic E-state index is 0.554. The molecule has 0 radical (unpaired) electrons. The fourth-order valence-corrected chi connectivity index (χ4v) is 2.18. The molecule has 0 aliphatic carbocycles. The molecule has 0 bridgehead atoms. The number of para-hydroxylation sites is 1. The molecular formula is C15H16N4O. The lowest BCUT2D eigenvalue weighted by atomic mass is 10.1. The van der Waals surface area contributed by atoms with Crippen LogP contribution in [0.3, 0.4) is 0 Å². The highest BCUT2D eigenvalue weighted by Crippen LogP contribution is 2.27. The summed E-state index contributed by atoms with van der Waals surface area (Å²) in [5.41, 5.74) is 2.82. The Labute approximate surface area is 117 Å². The Kier molecular flexibility index (Phi) is 3.43. The van der Waals surface area contributed by atoms with Crippen molar-refractivity contribution in [1.29, 1.82) is 0 Å². The van der Waals surface area contributed by atoms with Gasteiger partial charge < -0.3 is 9.73 Å². The molecule has 0 aliphatic rings. The number of aryl methyl sites for hydroxylation is 1. The zero-order valence-electron chi connectivity index (χ0n) is 11.6. The topological polar surface area (TPSA) is 63.8 Å². The Hall–Kier alpha value is -2.27. The van der Waals surface area contributed by atoms with Crippen LogP contribution in [0.15, 0.2) is 34.7 Å². The van der Waals surface area contributed by atoms with Crippen LogP contribution in [0, 0.1) is 6.92 Å². The lowest BCUT2D eigenvalue weighted by molar-refractivity contribution is 0.500. The molecule has 0 saturated carbocycles. The fourth-order valence-electron chi connectivity index (χ4n) is 2.18. The zero-order valence-corrected chi connectivity index (χ0v) is 11.6. The van der Waals surface area contributed by atoms with Gasteiger partial charge in [-0.05, 0) is 26.1 Å². The number of rotatable bonds is 4. The van der Waals surface area contributed by atoms with E-state index in [1.54, 1.807) is 0 Å². The summed E-state index contributed by atoms with van der Waals surface area (Å²) in [6.45, 7) is 2.78. The highest BCUT2D eigenvalue weighted by Gasteiger charge is 2.12. The van der Waals surface area contributed by atoms with Gasteiger partial charge in [-0.1, -0.05) is 18.2 Å². The Morgan fingerprint density at radius 2 is 2.05 bits per heavy atom. The second-order valence-electron chi connectivity index (χ2n) is 4.68. The van der Waals surface area contributed by atoms with Crippen LogP contribution >= 0.6 is 0 Å². The fraction of sp³-hybridized carbons (Fsp3) is 0.267. The predicted octanol–water partition coefficient (Wildman–Crippen LogP) is 2.36. The lowest BCUT2D eigenvalue weighted by Crippen LogP contribution is -2.10. The minimum atomic E-state index is 0.554. The molecule has 0 aliphatic heterocycles. The van der Waals surface area contributed by atoms with Crippen LogP contribution in [0.4, 0.5) is 0 Å². The summed E-state index contributed by atoms with van der Waals surface area (Å²) in [7, 11) is 1.90. The SMILES string of the molecule is CNCCc1nnc(-c2cc(C)nc3ccccc23)o1. The Morgan fingerprint density at radius 1 is 1.20 bits per heavy atom. The van der Waals surface area contributed by atoms with Crippen LogP contribution in [0.5, 0.6) is 0 Å². The number of hydrogen-bond donors (Lipinski definition) is 1. The van der Waals surface area contributed by atoms with Gasteiger partial charge in [-0.2, -0.15) is 0 Å². The number of nitrogens with zero attached hydrogens (tertiary/aromatic N) is 3. The normalized spacial score (nSPS) is 11.1. The Balaban J connectivity index is 2.07. The molecule has 5 nitrogen and oxygen atoms in total. The van der Waals surface area contributed by atoms with Gasteiger partial charge in [-0.25, -0.2) is 0 Å². The first-order valence-electron chi connectivity index (χ1n) is 6.61. The van der Waals surface area contributed by atoms with E-state index in [1.165, 1.54) is 0 Å². The maximum absolute atomic E-state index is 5.74. The van der Waals surface area contributed by atoms with E-state index in [0.717, 1.165) is 35.1 Å². The third-order valence-electron chi connectivity index (χ3n) is 3.13. The molecule has 0 spiro atoms. The van der Waals surface area contributed by atoms with Crippen molar-refractivity contribution in [3.8, 4) is 11.5 Å². The highest BCUT2D eigenvalue weighted by atomic mass is 16.4. The molecule has 2 heterocycles. The number of fused-ring (bicyclic) bond motifs is 1. The summed E-state index contributed by atoms with van der Waals surface area (Å²) in [4.78, 5) is 4.52. The van der Waals surface area contributed by atoms with Gasteiger partial charge in [0.25, 0.3) is 0 Å². The van der Waals surface area contributed by atoms with Crippen molar-refractivity contribution in [3.05, 3.63) is 41.9 Å². The number of benzene rings is 1. The van der Waals surface area contributed by atoms with Crippen LogP contribution in [0.25, 0.3) is 22.4 Å². The first kappa shape index (κ1) is 12.7. The second-order valence-corrected chi connectivity index (χ2v) is 4.68. The van der Waals surface area contributed by atoms with Gasteiger partial charge in [-0.3, -0.25) is 4.98 Å². The lowest BCUT2D eigenvalue weighted by Gasteiger charge is -2.03.